The average Bonchev–Trinajstić information content (AvgIpc) is 3.08. The molecule has 2 nitrogen and oxygen atoms in total. The van der Waals surface area contributed by atoms with E-state index in [9.17, 15) is 4.79 Å². The zero-order valence-corrected chi connectivity index (χ0v) is 10.6. The molecule has 0 bridgehead atoms. The molecule has 0 aromatic carbocycles. The quantitative estimate of drug-likeness (QED) is 0.603. The molecule has 0 amide bonds. The highest BCUT2D eigenvalue weighted by Crippen LogP contribution is 2.36. The summed E-state index contributed by atoms with van der Waals surface area (Å²) in [6, 6.07) is 0.641. The van der Waals surface area contributed by atoms with E-state index in [2.05, 4.69) is 32.7 Å². The zero-order chi connectivity index (χ0) is 11.5. The zero-order valence-electron chi connectivity index (χ0n) is 10.6. The minimum absolute atomic E-state index is 0.113. The Labute approximate surface area is 94.0 Å². The molecular weight excluding hydrogens is 186 g/mol. The summed E-state index contributed by atoms with van der Waals surface area (Å²) in [6.07, 6.45) is 5.82. The highest BCUT2D eigenvalue weighted by molar-refractivity contribution is 5.59. The molecule has 1 unspecified atom stereocenters. The minimum Gasteiger partial charge on any atom is -0.303 e. The summed E-state index contributed by atoms with van der Waals surface area (Å²) in [6.45, 7) is 7.45. The Morgan fingerprint density at radius 2 is 1.93 bits per heavy atom. The normalized spacial score (nSPS) is 19.3. The lowest BCUT2D eigenvalue weighted by atomic mass is 9.83. The second-order valence-corrected chi connectivity index (χ2v) is 5.18. The summed E-state index contributed by atoms with van der Waals surface area (Å²) in [4.78, 5) is 13.6. The highest BCUT2D eigenvalue weighted by Gasteiger charge is 2.34. The van der Waals surface area contributed by atoms with Crippen molar-refractivity contribution in [2.75, 3.05) is 13.6 Å². The van der Waals surface area contributed by atoms with Gasteiger partial charge in [0.1, 0.15) is 6.29 Å². The van der Waals surface area contributed by atoms with Gasteiger partial charge in [0.15, 0.2) is 0 Å². The lowest BCUT2D eigenvalue weighted by Crippen LogP contribution is -2.41. The topological polar surface area (TPSA) is 20.3 Å². The number of carbonyl (C=O) groups is 1. The van der Waals surface area contributed by atoms with Gasteiger partial charge in [0.05, 0.1) is 0 Å². The number of rotatable bonds is 7. The second-order valence-electron chi connectivity index (χ2n) is 5.18. The largest absolute Gasteiger partial charge is 0.303 e. The first-order chi connectivity index (χ1) is 7.08. The lowest BCUT2D eigenvalue weighted by molar-refractivity contribution is -0.117. The van der Waals surface area contributed by atoms with E-state index < -0.39 is 0 Å². The molecule has 0 aromatic heterocycles. The van der Waals surface area contributed by atoms with E-state index >= 15 is 0 Å². The molecule has 0 aliphatic heterocycles. The van der Waals surface area contributed by atoms with E-state index in [0.29, 0.717) is 6.04 Å². The standard InChI is InChI=1S/C13H25NO/c1-5-13(6-2,10-15)9-14(4)11(3)12-7-8-12/h10-12H,5-9H2,1-4H3. The van der Waals surface area contributed by atoms with Crippen LogP contribution in [0.1, 0.15) is 46.5 Å². The number of nitrogens with zero attached hydrogens (tertiary/aromatic N) is 1. The first kappa shape index (κ1) is 12.7. The molecule has 0 radical (unpaired) electrons. The molecule has 1 fully saturated rings. The van der Waals surface area contributed by atoms with Crippen LogP contribution in [-0.4, -0.2) is 30.8 Å². The van der Waals surface area contributed by atoms with Gasteiger partial charge in [-0.15, -0.1) is 0 Å². The minimum atomic E-state index is -0.113. The molecule has 1 aliphatic rings. The van der Waals surface area contributed by atoms with E-state index in [1.807, 2.05) is 0 Å². The number of aldehydes is 1. The second kappa shape index (κ2) is 5.11. The Hall–Kier alpha value is -0.370. The van der Waals surface area contributed by atoms with E-state index in [1.165, 1.54) is 19.1 Å². The van der Waals surface area contributed by atoms with Crippen LogP contribution in [0.5, 0.6) is 0 Å². The summed E-state index contributed by atoms with van der Waals surface area (Å²) in [5, 5.41) is 0. The Kier molecular flexibility index (Phi) is 4.32. The van der Waals surface area contributed by atoms with Gasteiger partial charge in [0, 0.05) is 18.0 Å². The first-order valence-electron chi connectivity index (χ1n) is 6.25. The third-order valence-electron chi connectivity index (χ3n) is 4.22. The van der Waals surface area contributed by atoms with Crippen LogP contribution < -0.4 is 0 Å². The predicted molar refractivity (Wildman–Crippen MR) is 63.9 cm³/mol. The van der Waals surface area contributed by atoms with Crippen molar-refractivity contribution in [2.24, 2.45) is 11.3 Å². The van der Waals surface area contributed by atoms with Crippen molar-refractivity contribution in [2.45, 2.75) is 52.5 Å². The molecule has 0 aromatic rings. The van der Waals surface area contributed by atoms with Crippen LogP contribution in [0.3, 0.4) is 0 Å². The van der Waals surface area contributed by atoms with Crippen LogP contribution in [0.15, 0.2) is 0 Å². The van der Waals surface area contributed by atoms with Crippen molar-refractivity contribution >= 4 is 6.29 Å². The fraction of sp³-hybridized carbons (Fsp3) is 0.923. The lowest BCUT2D eigenvalue weighted by Gasteiger charge is -2.34. The summed E-state index contributed by atoms with van der Waals surface area (Å²) >= 11 is 0. The van der Waals surface area contributed by atoms with Crippen molar-refractivity contribution in [3.05, 3.63) is 0 Å². The molecule has 0 N–H and O–H groups in total. The molecule has 0 saturated heterocycles. The molecule has 1 aliphatic carbocycles. The maximum absolute atomic E-state index is 11.2. The third-order valence-corrected chi connectivity index (χ3v) is 4.22. The van der Waals surface area contributed by atoms with Crippen molar-refractivity contribution < 1.29 is 4.79 Å². The number of hydrogen-bond acceptors (Lipinski definition) is 2. The van der Waals surface area contributed by atoms with Crippen molar-refractivity contribution in [3.63, 3.8) is 0 Å². The first-order valence-corrected chi connectivity index (χ1v) is 6.25. The maximum atomic E-state index is 11.2. The van der Waals surface area contributed by atoms with Crippen LogP contribution in [0.4, 0.5) is 0 Å². The van der Waals surface area contributed by atoms with Gasteiger partial charge in [-0.2, -0.15) is 0 Å². The van der Waals surface area contributed by atoms with E-state index in [0.717, 1.165) is 25.3 Å². The molecule has 1 rings (SSSR count). The van der Waals surface area contributed by atoms with Gasteiger partial charge in [-0.05, 0) is 45.6 Å². The summed E-state index contributed by atoms with van der Waals surface area (Å²) < 4.78 is 0. The van der Waals surface area contributed by atoms with Crippen LogP contribution in [0.2, 0.25) is 0 Å². The van der Waals surface area contributed by atoms with Crippen LogP contribution in [0, 0.1) is 11.3 Å². The van der Waals surface area contributed by atoms with Crippen LogP contribution in [-0.2, 0) is 4.79 Å². The van der Waals surface area contributed by atoms with Crippen molar-refractivity contribution in [1.29, 1.82) is 0 Å². The highest BCUT2D eigenvalue weighted by atomic mass is 16.1. The Morgan fingerprint density at radius 1 is 1.40 bits per heavy atom. The van der Waals surface area contributed by atoms with Crippen molar-refractivity contribution in [3.8, 4) is 0 Å². The Morgan fingerprint density at radius 3 is 2.27 bits per heavy atom. The SMILES string of the molecule is CCC(C=O)(CC)CN(C)C(C)C1CC1. The van der Waals surface area contributed by atoms with Crippen LogP contribution in [0.25, 0.3) is 0 Å². The molecule has 15 heavy (non-hydrogen) atoms. The van der Waals surface area contributed by atoms with Gasteiger partial charge in [-0.1, -0.05) is 13.8 Å². The molecule has 88 valence electrons. The predicted octanol–water partition coefficient (Wildman–Crippen LogP) is 2.72. The molecule has 1 atom stereocenters. The fourth-order valence-electron chi connectivity index (χ4n) is 2.26. The monoisotopic (exact) mass is 211 g/mol. The Bertz CT molecular complexity index is 207. The average molecular weight is 211 g/mol. The molecule has 1 saturated carbocycles. The van der Waals surface area contributed by atoms with Gasteiger partial charge in [-0.3, -0.25) is 0 Å². The molecule has 0 heterocycles. The number of carbonyl (C=O) groups excluding carboxylic acids is 1. The Balaban J connectivity index is 2.52. The molecule has 0 spiro atoms. The van der Waals surface area contributed by atoms with Gasteiger partial charge < -0.3 is 9.69 Å². The molecular formula is C13H25NO. The van der Waals surface area contributed by atoms with Gasteiger partial charge in [-0.25, -0.2) is 0 Å². The summed E-state index contributed by atoms with van der Waals surface area (Å²) in [7, 11) is 2.16. The third kappa shape index (κ3) is 3.04. The summed E-state index contributed by atoms with van der Waals surface area (Å²) in [5.74, 6) is 0.882. The van der Waals surface area contributed by atoms with E-state index in [-0.39, 0.29) is 5.41 Å². The van der Waals surface area contributed by atoms with Gasteiger partial charge in [0.2, 0.25) is 0 Å². The van der Waals surface area contributed by atoms with Gasteiger partial charge >= 0.3 is 0 Å². The van der Waals surface area contributed by atoms with E-state index in [4.69, 9.17) is 0 Å². The van der Waals surface area contributed by atoms with Crippen molar-refractivity contribution in [1.82, 2.24) is 4.90 Å². The molecule has 2 heteroatoms. The van der Waals surface area contributed by atoms with Gasteiger partial charge in [0.25, 0.3) is 0 Å². The number of hydrogen-bond donors (Lipinski definition) is 0. The fourth-order valence-corrected chi connectivity index (χ4v) is 2.26. The van der Waals surface area contributed by atoms with E-state index in [1.54, 1.807) is 0 Å². The smallest absolute Gasteiger partial charge is 0.127 e. The summed E-state index contributed by atoms with van der Waals surface area (Å²) in [5.41, 5.74) is -0.113. The maximum Gasteiger partial charge on any atom is 0.127 e. The van der Waals surface area contributed by atoms with Crippen LogP contribution >= 0.6 is 0 Å².